The van der Waals surface area contributed by atoms with Crippen LogP contribution in [0, 0.1) is 0 Å². The van der Waals surface area contributed by atoms with Crippen molar-refractivity contribution in [3.8, 4) is 0 Å². The predicted molar refractivity (Wildman–Crippen MR) is 119 cm³/mol. The Bertz CT molecular complexity index is 379. The number of unbranched alkanes of at least 4 members (excludes halogenated alkanes) is 19. The molecule has 0 spiro atoms. The van der Waals surface area contributed by atoms with E-state index in [2.05, 4.69) is 11.1 Å². The Hall–Kier alpha value is -0.0900. The highest BCUT2D eigenvalue weighted by Crippen LogP contribution is 2.15. The smallest absolute Gasteiger partial charge is 0.267 e. The van der Waals surface area contributed by atoms with Gasteiger partial charge < -0.3 is 0 Å². The first kappa shape index (κ1) is 26.9. The second-order valence-corrected chi connectivity index (χ2v) is 10.0. The van der Waals surface area contributed by atoms with Crippen molar-refractivity contribution in [2.45, 2.75) is 135 Å². The minimum absolute atomic E-state index is 0.169. The summed E-state index contributed by atoms with van der Waals surface area (Å²) in [7, 11) is -2.00. The van der Waals surface area contributed by atoms with Crippen LogP contribution in [-0.2, 0) is 14.3 Å². The molecule has 0 N–H and O–H groups in total. The zero-order valence-electron chi connectivity index (χ0n) is 18.5. The van der Waals surface area contributed by atoms with Crippen LogP contribution in [-0.4, -0.2) is 21.3 Å². The first-order valence-corrected chi connectivity index (χ1v) is 13.5. The lowest BCUT2D eigenvalue weighted by Gasteiger charge is -2.04. The quantitative estimate of drug-likeness (QED) is 0.137. The summed E-state index contributed by atoms with van der Waals surface area (Å²) < 4.78 is 26.8. The van der Waals surface area contributed by atoms with Gasteiger partial charge >= 0.3 is 0 Å². The molecule has 0 radical (unpaired) electrons. The average Bonchev–Trinajstić information content (AvgIpc) is 2.66. The van der Waals surface area contributed by atoms with E-state index in [1.807, 2.05) is 0 Å². The van der Waals surface area contributed by atoms with Crippen LogP contribution in [0.5, 0.6) is 0 Å². The van der Waals surface area contributed by atoms with Crippen LogP contribution in [0.25, 0.3) is 0 Å². The zero-order valence-corrected chi connectivity index (χ0v) is 19.3. The second kappa shape index (κ2) is 20.6. The maximum atomic E-state index is 11.2. The molecule has 0 aliphatic carbocycles. The molecular weight excluding hydrogens is 356 g/mol. The molecule has 0 aromatic rings. The van der Waals surface area contributed by atoms with E-state index in [1.165, 1.54) is 116 Å². The molecule has 0 heterocycles. The lowest BCUT2D eigenvalue weighted by Crippen LogP contribution is -2.07. The summed E-state index contributed by atoms with van der Waals surface area (Å²) in [4.78, 5) is 0. The summed E-state index contributed by atoms with van der Waals surface area (Å²) in [6.45, 7) is 2.28. The highest BCUT2D eigenvalue weighted by atomic mass is 32.2. The van der Waals surface area contributed by atoms with E-state index in [1.54, 1.807) is 0 Å². The normalized spacial score (nSPS) is 11.9. The number of rotatable bonds is 22. The Labute approximate surface area is 171 Å². The van der Waals surface area contributed by atoms with E-state index in [-0.39, 0.29) is 5.75 Å². The Morgan fingerprint density at radius 1 is 0.481 bits per heavy atom. The highest BCUT2D eigenvalue weighted by Gasteiger charge is 2.06. The van der Waals surface area contributed by atoms with Gasteiger partial charge in [0.2, 0.25) is 0 Å². The first-order valence-electron chi connectivity index (χ1n) is 11.9. The highest BCUT2D eigenvalue weighted by molar-refractivity contribution is 7.86. The van der Waals surface area contributed by atoms with Crippen LogP contribution < -0.4 is 0 Å². The van der Waals surface area contributed by atoms with Crippen LogP contribution in [0.15, 0.2) is 0 Å². The molecule has 0 rings (SSSR count). The van der Waals surface area contributed by atoms with Crippen molar-refractivity contribution in [2.75, 3.05) is 12.9 Å². The van der Waals surface area contributed by atoms with Gasteiger partial charge in [-0.15, -0.1) is 0 Å². The van der Waals surface area contributed by atoms with E-state index in [0.717, 1.165) is 19.3 Å². The first-order chi connectivity index (χ1) is 13.1. The van der Waals surface area contributed by atoms with Crippen molar-refractivity contribution in [2.24, 2.45) is 0 Å². The van der Waals surface area contributed by atoms with Gasteiger partial charge in [0.25, 0.3) is 10.1 Å². The van der Waals surface area contributed by atoms with Crippen LogP contribution in [0.4, 0.5) is 0 Å². The van der Waals surface area contributed by atoms with E-state index >= 15 is 0 Å². The Kier molecular flexibility index (Phi) is 20.6. The van der Waals surface area contributed by atoms with Gasteiger partial charge in [0, 0.05) is 0 Å². The molecule has 164 valence electrons. The molecule has 0 aliphatic rings. The molecule has 0 aliphatic heterocycles. The molecule has 27 heavy (non-hydrogen) atoms. The second-order valence-electron chi connectivity index (χ2n) is 8.15. The summed E-state index contributed by atoms with van der Waals surface area (Å²) in [5.74, 6) is 0.169. The fourth-order valence-corrected chi connectivity index (χ4v) is 4.34. The zero-order chi connectivity index (χ0) is 20.1. The maximum Gasteiger partial charge on any atom is 0.267 e. The van der Waals surface area contributed by atoms with E-state index < -0.39 is 10.1 Å². The van der Waals surface area contributed by atoms with Crippen molar-refractivity contribution < 1.29 is 12.6 Å². The molecular formula is C23H48O3S. The van der Waals surface area contributed by atoms with E-state index in [4.69, 9.17) is 0 Å². The summed E-state index contributed by atoms with van der Waals surface area (Å²) in [5, 5.41) is 0. The standard InChI is InChI=1S/C23H48O3S/c1-3-4-5-6-7-8-9-10-11-12-13-14-15-16-17-18-19-20-21-22-23-27(24,25)26-2/h3-23H2,1-2H3. The van der Waals surface area contributed by atoms with Crippen LogP contribution in [0.1, 0.15) is 135 Å². The molecule has 0 bridgehead atoms. The van der Waals surface area contributed by atoms with Crippen LogP contribution in [0.2, 0.25) is 0 Å². The van der Waals surface area contributed by atoms with Crippen molar-refractivity contribution in [3.05, 3.63) is 0 Å². The van der Waals surface area contributed by atoms with Crippen molar-refractivity contribution in [1.82, 2.24) is 0 Å². The molecule has 0 aromatic carbocycles. The Balaban J connectivity index is 3.07. The summed E-state index contributed by atoms with van der Waals surface area (Å²) in [6, 6.07) is 0. The molecule has 0 aromatic heterocycles. The minimum atomic E-state index is -3.24. The minimum Gasteiger partial charge on any atom is -0.273 e. The molecule has 3 nitrogen and oxygen atoms in total. The Morgan fingerprint density at radius 2 is 0.741 bits per heavy atom. The summed E-state index contributed by atoms with van der Waals surface area (Å²) in [5.41, 5.74) is 0. The van der Waals surface area contributed by atoms with E-state index in [9.17, 15) is 8.42 Å². The van der Waals surface area contributed by atoms with Crippen molar-refractivity contribution in [1.29, 1.82) is 0 Å². The predicted octanol–water partition coefficient (Wildman–Crippen LogP) is 7.78. The molecule has 0 saturated heterocycles. The number of hydrogen-bond acceptors (Lipinski definition) is 3. The topological polar surface area (TPSA) is 43.4 Å². The summed E-state index contributed by atoms with van der Waals surface area (Å²) in [6.07, 6.45) is 26.7. The third kappa shape index (κ3) is 22.1. The SMILES string of the molecule is CCCCCCCCCCCCCCCCCCCCCCS(=O)(=O)OC. The van der Waals surface area contributed by atoms with Crippen LogP contribution >= 0.6 is 0 Å². The van der Waals surface area contributed by atoms with Crippen molar-refractivity contribution in [3.63, 3.8) is 0 Å². The van der Waals surface area contributed by atoms with Gasteiger partial charge in [-0.3, -0.25) is 4.18 Å². The van der Waals surface area contributed by atoms with Gasteiger partial charge in [0.1, 0.15) is 0 Å². The third-order valence-electron chi connectivity index (χ3n) is 5.50. The maximum absolute atomic E-state index is 11.2. The lowest BCUT2D eigenvalue weighted by atomic mass is 10.0. The van der Waals surface area contributed by atoms with E-state index in [0.29, 0.717) is 0 Å². The average molecular weight is 405 g/mol. The third-order valence-corrected chi connectivity index (χ3v) is 6.80. The van der Waals surface area contributed by atoms with Gasteiger partial charge in [-0.25, -0.2) is 0 Å². The largest absolute Gasteiger partial charge is 0.273 e. The van der Waals surface area contributed by atoms with Gasteiger partial charge in [0.15, 0.2) is 0 Å². The summed E-state index contributed by atoms with van der Waals surface area (Å²) >= 11 is 0. The fourth-order valence-electron chi connectivity index (χ4n) is 3.62. The molecule has 0 saturated carbocycles. The molecule has 4 heteroatoms. The van der Waals surface area contributed by atoms with Crippen LogP contribution in [0.3, 0.4) is 0 Å². The lowest BCUT2D eigenvalue weighted by molar-refractivity contribution is 0.396. The molecule has 0 unspecified atom stereocenters. The monoisotopic (exact) mass is 404 g/mol. The Morgan fingerprint density at radius 3 is 1.00 bits per heavy atom. The van der Waals surface area contributed by atoms with Crippen molar-refractivity contribution >= 4 is 10.1 Å². The molecule has 0 fully saturated rings. The number of hydrogen-bond donors (Lipinski definition) is 0. The van der Waals surface area contributed by atoms with Gasteiger partial charge in [-0.05, 0) is 6.42 Å². The molecule has 0 atom stereocenters. The van der Waals surface area contributed by atoms with Gasteiger partial charge in [-0.1, -0.05) is 129 Å². The molecule has 0 amide bonds. The fraction of sp³-hybridized carbons (Fsp3) is 1.00. The van der Waals surface area contributed by atoms with Gasteiger partial charge in [-0.2, -0.15) is 8.42 Å². The van der Waals surface area contributed by atoms with Gasteiger partial charge in [0.05, 0.1) is 12.9 Å².